The first kappa shape index (κ1) is 18.0. The maximum atomic E-state index is 12.2. The van der Waals surface area contributed by atoms with Gasteiger partial charge >= 0.3 is 0 Å². The normalized spacial score (nSPS) is 10.6. The number of carbonyl (C=O) groups is 1. The van der Waals surface area contributed by atoms with Gasteiger partial charge in [-0.15, -0.1) is 0 Å². The van der Waals surface area contributed by atoms with Crippen molar-refractivity contribution in [3.8, 4) is 11.5 Å². The molecule has 0 fully saturated rings. The molecular weight excluding hydrogens is 300 g/mol. The lowest BCUT2D eigenvalue weighted by molar-refractivity contribution is -0.117. The molecule has 0 saturated heterocycles. The number of para-hydroxylation sites is 1. The molecule has 0 bridgehead atoms. The minimum Gasteiger partial charge on any atom is -0.457 e. The summed E-state index contributed by atoms with van der Waals surface area (Å²) < 4.78 is 5.75. The Morgan fingerprint density at radius 1 is 0.917 bits per heavy atom. The molecule has 1 N–H and O–H groups in total. The fourth-order valence-corrected chi connectivity index (χ4v) is 2.54. The van der Waals surface area contributed by atoms with Gasteiger partial charge in [0.05, 0.1) is 6.54 Å². The summed E-state index contributed by atoms with van der Waals surface area (Å²) in [6.07, 6.45) is 2.11. The van der Waals surface area contributed by atoms with Crippen LogP contribution in [0.4, 0.5) is 5.69 Å². The Morgan fingerprint density at radius 3 is 2.08 bits per heavy atom. The van der Waals surface area contributed by atoms with E-state index in [2.05, 4.69) is 24.1 Å². The summed E-state index contributed by atoms with van der Waals surface area (Å²) in [4.78, 5) is 14.3. The van der Waals surface area contributed by atoms with E-state index in [9.17, 15) is 4.79 Å². The van der Waals surface area contributed by atoms with Crippen molar-refractivity contribution in [3.63, 3.8) is 0 Å². The van der Waals surface area contributed by atoms with Crippen LogP contribution in [0.25, 0.3) is 0 Å². The van der Waals surface area contributed by atoms with Crippen molar-refractivity contribution in [3.05, 3.63) is 54.6 Å². The van der Waals surface area contributed by atoms with Gasteiger partial charge in [0.1, 0.15) is 11.5 Å². The smallest absolute Gasteiger partial charge is 0.238 e. The van der Waals surface area contributed by atoms with Crippen LogP contribution in [0, 0.1) is 0 Å². The van der Waals surface area contributed by atoms with Gasteiger partial charge in [-0.2, -0.15) is 0 Å². The topological polar surface area (TPSA) is 41.6 Å². The molecule has 0 spiro atoms. The zero-order valence-corrected chi connectivity index (χ0v) is 14.5. The van der Waals surface area contributed by atoms with E-state index in [0.29, 0.717) is 6.54 Å². The number of hydrogen-bond donors (Lipinski definition) is 1. The van der Waals surface area contributed by atoms with Gasteiger partial charge in [-0.05, 0) is 62.3 Å². The average Bonchev–Trinajstić information content (AvgIpc) is 2.58. The molecule has 0 saturated carbocycles. The molecule has 0 radical (unpaired) electrons. The lowest BCUT2D eigenvalue weighted by Gasteiger charge is -2.20. The number of ether oxygens (including phenoxy) is 1. The van der Waals surface area contributed by atoms with E-state index in [0.717, 1.165) is 43.1 Å². The van der Waals surface area contributed by atoms with E-state index >= 15 is 0 Å². The Morgan fingerprint density at radius 2 is 1.50 bits per heavy atom. The number of nitrogens with zero attached hydrogens (tertiary/aromatic N) is 1. The number of benzene rings is 2. The van der Waals surface area contributed by atoms with Gasteiger partial charge in [-0.25, -0.2) is 0 Å². The number of hydrogen-bond acceptors (Lipinski definition) is 3. The van der Waals surface area contributed by atoms with Crippen molar-refractivity contribution in [1.29, 1.82) is 0 Å². The van der Waals surface area contributed by atoms with E-state index in [4.69, 9.17) is 4.74 Å². The summed E-state index contributed by atoms with van der Waals surface area (Å²) in [5.74, 6) is 1.57. The zero-order valence-electron chi connectivity index (χ0n) is 14.5. The highest BCUT2D eigenvalue weighted by Gasteiger charge is 2.09. The highest BCUT2D eigenvalue weighted by molar-refractivity contribution is 5.92. The van der Waals surface area contributed by atoms with Crippen molar-refractivity contribution in [2.75, 3.05) is 25.0 Å². The molecule has 128 valence electrons. The SMILES string of the molecule is CCCN(CCC)CC(=O)Nc1ccc(Oc2ccccc2)cc1. The van der Waals surface area contributed by atoms with Crippen LogP contribution in [-0.2, 0) is 4.79 Å². The van der Waals surface area contributed by atoms with Crippen molar-refractivity contribution in [2.24, 2.45) is 0 Å². The van der Waals surface area contributed by atoms with Crippen LogP contribution in [0.3, 0.4) is 0 Å². The second-order valence-electron chi connectivity index (χ2n) is 5.76. The van der Waals surface area contributed by atoms with Crippen LogP contribution in [0.5, 0.6) is 11.5 Å². The second-order valence-corrected chi connectivity index (χ2v) is 5.76. The van der Waals surface area contributed by atoms with Crippen LogP contribution < -0.4 is 10.1 Å². The summed E-state index contributed by atoms with van der Waals surface area (Å²) in [5, 5.41) is 2.94. The lowest BCUT2D eigenvalue weighted by Crippen LogP contribution is -2.34. The largest absolute Gasteiger partial charge is 0.457 e. The van der Waals surface area contributed by atoms with Crippen molar-refractivity contribution < 1.29 is 9.53 Å². The number of rotatable bonds is 9. The Labute approximate surface area is 144 Å². The predicted octanol–water partition coefficient (Wildman–Crippen LogP) is 4.54. The van der Waals surface area contributed by atoms with Crippen molar-refractivity contribution in [1.82, 2.24) is 4.90 Å². The van der Waals surface area contributed by atoms with E-state index in [1.807, 2.05) is 54.6 Å². The van der Waals surface area contributed by atoms with Gasteiger partial charge < -0.3 is 10.1 Å². The fraction of sp³-hybridized carbons (Fsp3) is 0.350. The molecule has 0 aliphatic carbocycles. The fourth-order valence-electron chi connectivity index (χ4n) is 2.54. The molecule has 0 atom stereocenters. The first-order chi connectivity index (χ1) is 11.7. The quantitative estimate of drug-likeness (QED) is 0.735. The summed E-state index contributed by atoms with van der Waals surface area (Å²) in [5.41, 5.74) is 0.786. The molecule has 0 aliphatic heterocycles. The molecule has 2 aromatic carbocycles. The Balaban J connectivity index is 1.87. The zero-order chi connectivity index (χ0) is 17.2. The van der Waals surface area contributed by atoms with Gasteiger partial charge in [-0.1, -0.05) is 32.0 Å². The molecule has 4 nitrogen and oxygen atoms in total. The second kappa shape index (κ2) is 9.73. The van der Waals surface area contributed by atoms with Crippen LogP contribution in [-0.4, -0.2) is 30.4 Å². The van der Waals surface area contributed by atoms with Crippen LogP contribution >= 0.6 is 0 Å². The molecule has 2 rings (SSSR count). The summed E-state index contributed by atoms with van der Waals surface area (Å²) in [6.45, 7) is 6.60. The first-order valence-electron chi connectivity index (χ1n) is 8.56. The Kier molecular flexibility index (Phi) is 7.30. The van der Waals surface area contributed by atoms with E-state index in [1.54, 1.807) is 0 Å². The van der Waals surface area contributed by atoms with Gasteiger partial charge in [0.2, 0.25) is 5.91 Å². The van der Waals surface area contributed by atoms with Crippen molar-refractivity contribution >= 4 is 11.6 Å². The minimum atomic E-state index is 0.0219. The standard InChI is InChI=1S/C20H26N2O2/c1-3-14-22(15-4-2)16-20(23)21-17-10-12-19(13-11-17)24-18-8-6-5-7-9-18/h5-13H,3-4,14-16H2,1-2H3,(H,21,23). The molecule has 0 heterocycles. The summed E-state index contributed by atoms with van der Waals surface area (Å²) in [6, 6.07) is 17.1. The van der Waals surface area contributed by atoms with E-state index < -0.39 is 0 Å². The highest BCUT2D eigenvalue weighted by Crippen LogP contribution is 2.22. The Hall–Kier alpha value is -2.33. The lowest BCUT2D eigenvalue weighted by atomic mass is 10.3. The van der Waals surface area contributed by atoms with Crippen LogP contribution in [0.2, 0.25) is 0 Å². The highest BCUT2D eigenvalue weighted by atomic mass is 16.5. The van der Waals surface area contributed by atoms with Gasteiger partial charge in [0.15, 0.2) is 0 Å². The Bertz CT molecular complexity index is 605. The molecule has 2 aromatic rings. The summed E-state index contributed by atoms with van der Waals surface area (Å²) >= 11 is 0. The van der Waals surface area contributed by atoms with Crippen LogP contribution in [0.15, 0.2) is 54.6 Å². The monoisotopic (exact) mass is 326 g/mol. The molecule has 24 heavy (non-hydrogen) atoms. The van der Waals surface area contributed by atoms with Gasteiger partial charge in [-0.3, -0.25) is 9.69 Å². The van der Waals surface area contributed by atoms with Gasteiger partial charge in [0, 0.05) is 5.69 Å². The maximum absolute atomic E-state index is 12.2. The average molecular weight is 326 g/mol. The van der Waals surface area contributed by atoms with E-state index in [1.165, 1.54) is 0 Å². The van der Waals surface area contributed by atoms with Crippen molar-refractivity contribution in [2.45, 2.75) is 26.7 Å². The van der Waals surface area contributed by atoms with Gasteiger partial charge in [0.25, 0.3) is 0 Å². The van der Waals surface area contributed by atoms with Crippen LogP contribution in [0.1, 0.15) is 26.7 Å². The van der Waals surface area contributed by atoms with E-state index in [-0.39, 0.29) is 5.91 Å². The third-order valence-corrected chi connectivity index (χ3v) is 3.56. The molecule has 0 unspecified atom stereocenters. The summed E-state index contributed by atoms with van der Waals surface area (Å²) in [7, 11) is 0. The number of amides is 1. The third kappa shape index (κ3) is 6.05. The number of carbonyl (C=O) groups excluding carboxylic acids is 1. The molecule has 4 heteroatoms. The third-order valence-electron chi connectivity index (χ3n) is 3.56. The molecule has 1 amide bonds. The maximum Gasteiger partial charge on any atom is 0.238 e. The number of nitrogens with one attached hydrogen (secondary N) is 1. The first-order valence-corrected chi connectivity index (χ1v) is 8.56. The predicted molar refractivity (Wildman–Crippen MR) is 98.6 cm³/mol. The minimum absolute atomic E-state index is 0.0219. The molecular formula is C20H26N2O2. The molecule has 0 aromatic heterocycles. The number of anilines is 1. The molecule has 0 aliphatic rings.